The van der Waals surface area contributed by atoms with Crippen molar-refractivity contribution < 1.29 is 9.59 Å². The molecule has 0 N–H and O–H groups in total. The third kappa shape index (κ3) is 5.53. The third-order valence-corrected chi connectivity index (χ3v) is 5.74. The molecule has 3 rings (SSSR count). The van der Waals surface area contributed by atoms with Crippen molar-refractivity contribution >= 4 is 11.8 Å². The maximum atomic E-state index is 12.6. The van der Waals surface area contributed by atoms with Gasteiger partial charge < -0.3 is 9.80 Å². The van der Waals surface area contributed by atoms with Crippen LogP contribution in [0.2, 0.25) is 0 Å². The minimum absolute atomic E-state index is 0.153. The molecule has 2 aliphatic heterocycles. The Morgan fingerprint density at radius 2 is 1.52 bits per heavy atom. The van der Waals surface area contributed by atoms with Gasteiger partial charge in [0.2, 0.25) is 11.8 Å². The molecule has 2 amide bonds. The van der Waals surface area contributed by atoms with Crippen molar-refractivity contribution in [3.63, 3.8) is 0 Å². The third-order valence-electron chi connectivity index (χ3n) is 5.74. The normalized spacial score (nSPS) is 18.7. The molecule has 0 spiro atoms. The maximum Gasteiger partial charge on any atom is 0.236 e. The highest BCUT2D eigenvalue weighted by atomic mass is 16.2. The van der Waals surface area contributed by atoms with Gasteiger partial charge in [-0.3, -0.25) is 19.4 Å². The van der Waals surface area contributed by atoms with Crippen LogP contribution in [0.4, 0.5) is 0 Å². The van der Waals surface area contributed by atoms with Crippen LogP contribution in [-0.4, -0.2) is 90.8 Å². The van der Waals surface area contributed by atoms with Gasteiger partial charge in [-0.1, -0.05) is 24.3 Å². The van der Waals surface area contributed by atoms with Crippen molar-refractivity contribution in [2.24, 2.45) is 0 Å². The molecule has 2 aliphatic rings. The van der Waals surface area contributed by atoms with Gasteiger partial charge in [0.15, 0.2) is 0 Å². The molecule has 0 radical (unpaired) electrons. The first kappa shape index (κ1) is 19.8. The van der Waals surface area contributed by atoms with E-state index in [1.807, 2.05) is 29.0 Å². The molecule has 0 atom stereocenters. The highest BCUT2D eigenvalue weighted by Gasteiger charge is 2.24. The van der Waals surface area contributed by atoms with Crippen molar-refractivity contribution in [3.8, 4) is 0 Å². The van der Waals surface area contributed by atoms with Gasteiger partial charge in [0, 0.05) is 52.9 Å². The van der Waals surface area contributed by atoms with Gasteiger partial charge in [-0.15, -0.1) is 0 Å². The van der Waals surface area contributed by atoms with Crippen LogP contribution in [-0.2, 0) is 16.1 Å². The minimum Gasteiger partial charge on any atom is -0.342 e. The number of likely N-dealkylation sites (N-methyl/N-ethyl adjacent to an activating group) is 1. The van der Waals surface area contributed by atoms with Crippen LogP contribution in [0.15, 0.2) is 24.3 Å². The Kier molecular flexibility index (Phi) is 6.85. The molecular formula is C21H32N4O2. The summed E-state index contributed by atoms with van der Waals surface area (Å²) >= 11 is 0. The summed E-state index contributed by atoms with van der Waals surface area (Å²) in [5.41, 5.74) is 2.41. The first-order valence-corrected chi connectivity index (χ1v) is 10.0. The molecule has 148 valence electrons. The van der Waals surface area contributed by atoms with E-state index < -0.39 is 0 Å². The fourth-order valence-electron chi connectivity index (χ4n) is 3.81. The Bertz CT molecular complexity index is 649. The molecule has 2 heterocycles. The Morgan fingerprint density at radius 1 is 0.926 bits per heavy atom. The molecule has 6 heteroatoms. The lowest BCUT2D eigenvalue weighted by Gasteiger charge is -2.35. The van der Waals surface area contributed by atoms with Gasteiger partial charge in [0.1, 0.15) is 0 Å². The SMILES string of the molecule is Cc1ccccc1CN(C)C(=O)CN1CCN(CC(=O)N2CCCC2)CC1. The van der Waals surface area contributed by atoms with Gasteiger partial charge in [-0.05, 0) is 30.9 Å². The first-order chi connectivity index (χ1) is 13.0. The van der Waals surface area contributed by atoms with E-state index in [0.29, 0.717) is 19.6 Å². The Balaban J connectivity index is 1.40. The molecule has 0 bridgehead atoms. The van der Waals surface area contributed by atoms with Crippen molar-refractivity contribution in [1.29, 1.82) is 0 Å². The monoisotopic (exact) mass is 372 g/mol. The van der Waals surface area contributed by atoms with E-state index in [0.717, 1.165) is 52.1 Å². The second kappa shape index (κ2) is 9.33. The number of carbonyl (C=O) groups is 2. The molecule has 2 saturated heterocycles. The van der Waals surface area contributed by atoms with Gasteiger partial charge in [-0.25, -0.2) is 0 Å². The summed E-state index contributed by atoms with van der Waals surface area (Å²) in [5, 5.41) is 0. The smallest absolute Gasteiger partial charge is 0.236 e. The maximum absolute atomic E-state index is 12.6. The van der Waals surface area contributed by atoms with E-state index in [9.17, 15) is 9.59 Å². The lowest BCUT2D eigenvalue weighted by Crippen LogP contribution is -2.51. The standard InChI is InChI=1S/C21H32N4O2/c1-18-7-3-4-8-19(18)15-22(2)20(26)16-23-11-13-24(14-12-23)17-21(27)25-9-5-6-10-25/h3-4,7-8H,5-6,9-17H2,1-2H3. The largest absolute Gasteiger partial charge is 0.342 e. The number of carbonyl (C=O) groups excluding carboxylic acids is 2. The Morgan fingerprint density at radius 3 is 2.15 bits per heavy atom. The van der Waals surface area contributed by atoms with Crippen molar-refractivity contribution in [1.82, 2.24) is 19.6 Å². The number of benzene rings is 1. The molecule has 0 saturated carbocycles. The molecule has 1 aromatic carbocycles. The average molecular weight is 373 g/mol. The second-order valence-corrected chi connectivity index (χ2v) is 7.82. The van der Waals surface area contributed by atoms with E-state index in [4.69, 9.17) is 0 Å². The van der Waals surface area contributed by atoms with Crippen LogP contribution in [0.1, 0.15) is 24.0 Å². The Labute approximate surface area is 162 Å². The predicted molar refractivity (Wildman–Crippen MR) is 106 cm³/mol. The number of hydrogen-bond acceptors (Lipinski definition) is 4. The van der Waals surface area contributed by atoms with E-state index in [1.54, 1.807) is 0 Å². The molecule has 6 nitrogen and oxygen atoms in total. The van der Waals surface area contributed by atoms with E-state index >= 15 is 0 Å². The minimum atomic E-state index is 0.153. The average Bonchev–Trinajstić information content (AvgIpc) is 3.20. The summed E-state index contributed by atoms with van der Waals surface area (Å²) in [7, 11) is 1.87. The fraction of sp³-hybridized carbons (Fsp3) is 0.619. The summed E-state index contributed by atoms with van der Waals surface area (Å²) in [6.45, 7) is 8.94. The highest BCUT2D eigenvalue weighted by Crippen LogP contribution is 2.11. The number of nitrogens with zero attached hydrogens (tertiary/aromatic N) is 4. The summed E-state index contributed by atoms with van der Waals surface area (Å²) < 4.78 is 0. The fourth-order valence-corrected chi connectivity index (χ4v) is 3.81. The molecule has 27 heavy (non-hydrogen) atoms. The molecule has 0 aromatic heterocycles. The number of likely N-dealkylation sites (tertiary alicyclic amines) is 1. The van der Waals surface area contributed by atoms with Crippen LogP contribution >= 0.6 is 0 Å². The van der Waals surface area contributed by atoms with Crippen molar-refractivity contribution in [3.05, 3.63) is 35.4 Å². The summed E-state index contributed by atoms with van der Waals surface area (Å²) in [4.78, 5) is 33.1. The van der Waals surface area contributed by atoms with E-state index in [-0.39, 0.29) is 11.8 Å². The predicted octanol–water partition coefficient (Wildman–Crippen LogP) is 1.19. The van der Waals surface area contributed by atoms with Gasteiger partial charge in [0.25, 0.3) is 0 Å². The van der Waals surface area contributed by atoms with Crippen LogP contribution < -0.4 is 0 Å². The van der Waals surface area contributed by atoms with Gasteiger partial charge in [0.05, 0.1) is 13.1 Å². The number of hydrogen-bond donors (Lipinski definition) is 0. The zero-order valence-corrected chi connectivity index (χ0v) is 16.7. The zero-order chi connectivity index (χ0) is 19.2. The summed E-state index contributed by atoms with van der Waals surface area (Å²) in [5.74, 6) is 0.412. The van der Waals surface area contributed by atoms with Crippen LogP contribution in [0, 0.1) is 6.92 Å². The van der Waals surface area contributed by atoms with Gasteiger partial charge >= 0.3 is 0 Å². The first-order valence-electron chi connectivity index (χ1n) is 10.0. The summed E-state index contributed by atoms with van der Waals surface area (Å²) in [6, 6.07) is 8.20. The molecular weight excluding hydrogens is 340 g/mol. The Hall–Kier alpha value is -1.92. The quantitative estimate of drug-likeness (QED) is 0.753. The molecule has 0 aliphatic carbocycles. The number of amides is 2. The van der Waals surface area contributed by atoms with Crippen molar-refractivity contribution in [2.45, 2.75) is 26.3 Å². The number of aryl methyl sites for hydroxylation is 1. The second-order valence-electron chi connectivity index (χ2n) is 7.82. The number of rotatable bonds is 6. The number of piperazine rings is 1. The van der Waals surface area contributed by atoms with Crippen LogP contribution in [0.25, 0.3) is 0 Å². The molecule has 0 unspecified atom stereocenters. The highest BCUT2D eigenvalue weighted by molar-refractivity contribution is 5.79. The zero-order valence-electron chi connectivity index (χ0n) is 16.7. The molecule has 2 fully saturated rings. The molecule has 1 aromatic rings. The van der Waals surface area contributed by atoms with Crippen LogP contribution in [0.5, 0.6) is 0 Å². The van der Waals surface area contributed by atoms with E-state index in [1.165, 1.54) is 11.1 Å². The lowest BCUT2D eigenvalue weighted by molar-refractivity contribution is -0.134. The van der Waals surface area contributed by atoms with Crippen molar-refractivity contribution in [2.75, 3.05) is 59.4 Å². The van der Waals surface area contributed by atoms with E-state index in [2.05, 4.69) is 28.9 Å². The van der Waals surface area contributed by atoms with Gasteiger partial charge in [-0.2, -0.15) is 0 Å². The summed E-state index contributed by atoms with van der Waals surface area (Å²) in [6.07, 6.45) is 2.27. The van der Waals surface area contributed by atoms with Crippen LogP contribution in [0.3, 0.4) is 0 Å². The topological polar surface area (TPSA) is 47.1 Å². The lowest BCUT2D eigenvalue weighted by atomic mass is 10.1.